The zero-order valence-electron chi connectivity index (χ0n) is 9.22. The molecule has 2 N–H and O–H groups in total. The molecule has 0 saturated carbocycles. The summed E-state index contributed by atoms with van der Waals surface area (Å²) in [5.41, 5.74) is 0. The quantitative estimate of drug-likeness (QED) is 0.686. The van der Waals surface area contributed by atoms with Crippen molar-refractivity contribution in [2.24, 2.45) is 5.92 Å². The Labute approximate surface area is 97.8 Å². The van der Waals surface area contributed by atoms with E-state index < -0.39 is 0 Å². The summed E-state index contributed by atoms with van der Waals surface area (Å²) in [6.07, 6.45) is 2.12. The van der Waals surface area contributed by atoms with Gasteiger partial charge in [0, 0.05) is 13.1 Å². The summed E-state index contributed by atoms with van der Waals surface area (Å²) in [6, 6.07) is 0. The normalized spacial score (nSPS) is 10.0. The van der Waals surface area contributed by atoms with Crippen LogP contribution in [0.3, 0.4) is 0 Å². The van der Waals surface area contributed by atoms with Gasteiger partial charge < -0.3 is 10.6 Å². The molecule has 0 aromatic heterocycles. The van der Waals surface area contributed by atoms with Crippen LogP contribution in [0.15, 0.2) is 0 Å². The molecule has 0 radical (unpaired) electrons. The summed E-state index contributed by atoms with van der Waals surface area (Å²) >= 11 is 10.6. The number of hydrogen-bond donors (Lipinski definition) is 2. The lowest BCUT2D eigenvalue weighted by atomic mass is 10.0. The van der Waals surface area contributed by atoms with E-state index in [1.165, 1.54) is 0 Å². The van der Waals surface area contributed by atoms with Gasteiger partial charge in [0.2, 0.25) is 0 Å². The average molecular weight is 232 g/mol. The lowest BCUT2D eigenvalue weighted by Crippen LogP contribution is -2.39. The van der Waals surface area contributed by atoms with Gasteiger partial charge in [-0.3, -0.25) is 0 Å². The maximum atomic E-state index is 5.29. The molecule has 0 rings (SSSR count). The van der Waals surface area contributed by atoms with Gasteiger partial charge in [0.1, 0.15) is 0 Å². The summed E-state index contributed by atoms with van der Waals surface area (Å²) < 4.78 is 0. The number of thiocarbonyl (C=S) groups is 2. The van der Waals surface area contributed by atoms with Crippen LogP contribution in [-0.4, -0.2) is 23.1 Å². The van der Waals surface area contributed by atoms with Gasteiger partial charge in [-0.2, -0.15) is 0 Å². The molecule has 0 atom stereocenters. The lowest BCUT2D eigenvalue weighted by Gasteiger charge is -2.19. The highest BCUT2D eigenvalue weighted by atomic mass is 32.1. The molecule has 0 aliphatic carbocycles. The summed E-state index contributed by atoms with van der Waals surface area (Å²) in [5, 5.41) is 6.35. The predicted molar refractivity (Wildman–Crippen MR) is 70.9 cm³/mol. The van der Waals surface area contributed by atoms with E-state index in [1.807, 2.05) is 13.8 Å². The molecule has 0 aromatic rings. The van der Waals surface area contributed by atoms with E-state index >= 15 is 0 Å². The molecule has 0 aliphatic rings. The molecule has 0 heterocycles. The first kappa shape index (κ1) is 13.8. The molecule has 14 heavy (non-hydrogen) atoms. The Morgan fingerprint density at radius 3 is 1.71 bits per heavy atom. The summed E-state index contributed by atoms with van der Waals surface area (Å²) in [6.45, 7) is 7.98. The first-order valence-electron chi connectivity index (χ1n) is 5.22. The van der Waals surface area contributed by atoms with E-state index in [2.05, 4.69) is 17.6 Å². The molecule has 0 fully saturated rings. The highest BCUT2D eigenvalue weighted by molar-refractivity contribution is 7.82. The van der Waals surface area contributed by atoms with Crippen molar-refractivity contribution in [1.29, 1.82) is 0 Å². The maximum Gasteiger partial charge on any atom is 0.0853 e. The van der Waals surface area contributed by atoms with Crippen LogP contribution in [0.2, 0.25) is 0 Å². The Bertz CT molecular complexity index is 175. The average Bonchev–Trinajstić information content (AvgIpc) is 2.14. The van der Waals surface area contributed by atoms with E-state index in [9.17, 15) is 0 Å². The number of hydrogen-bond acceptors (Lipinski definition) is 2. The number of rotatable bonds is 6. The SMILES string of the molecule is CCCC(C(=S)NCC)C(=S)NCC. The third kappa shape index (κ3) is 4.86. The standard InChI is InChI=1S/C10H20N2S2/c1-4-7-8(9(13)11-5-2)10(14)12-6-3/h8H,4-7H2,1-3H3,(H,11,13)(H,12,14). The smallest absolute Gasteiger partial charge is 0.0853 e. The second-order valence-corrected chi connectivity index (χ2v) is 4.01. The Hall–Kier alpha value is -0.220. The van der Waals surface area contributed by atoms with Crippen molar-refractivity contribution in [2.45, 2.75) is 33.6 Å². The van der Waals surface area contributed by atoms with Crippen molar-refractivity contribution in [2.75, 3.05) is 13.1 Å². The zero-order chi connectivity index (χ0) is 11.0. The van der Waals surface area contributed by atoms with Crippen LogP contribution in [0.1, 0.15) is 33.6 Å². The molecule has 0 spiro atoms. The third-order valence-electron chi connectivity index (χ3n) is 1.91. The largest absolute Gasteiger partial charge is 0.379 e. The van der Waals surface area contributed by atoms with E-state index in [0.29, 0.717) is 0 Å². The van der Waals surface area contributed by atoms with Gasteiger partial charge in [0.15, 0.2) is 0 Å². The Kier molecular flexibility index (Phi) is 7.99. The second-order valence-electron chi connectivity index (χ2n) is 3.13. The van der Waals surface area contributed by atoms with Gasteiger partial charge in [0.25, 0.3) is 0 Å². The Morgan fingerprint density at radius 2 is 1.43 bits per heavy atom. The topological polar surface area (TPSA) is 24.1 Å². The third-order valence-corrected chi connectivity index (χ3v) is 2.77. The fourth-order valence-corrected chi connectivity index (χ4v) is 2.10. The minimum absolute atomic E-state index is 0.213. The van der Waals surface area contributed by atoms with Crippen molar-refractivity contribution in [3.05, 3.63) is 0 Å². The van der Waals surface area contributed by atoms with Gasteiger partial charge in [-0.15, -0.1) is 0 Å². The second kappa shape index (κ2) is 8.12. The Morgan fingerprint density at radius 1 is 1.00 bits per heavy atom. The highest BCUT2D eigenvalue weighted by Crippen LogP contribution is 2.09. The van der Waals surface area contributed by atoms with Crippen molar-refractivity contribution < 1.29 is 0 Å². The minimum Gasteiger partial charge on any atom is -0.379 e. The van der Waals surface area contributed by atoms with Crippen LogP contribution in [0.4, 0.5) is 0 Å². The molecule has 0 bridgehead atoms. The molecule has 0 aliphatic heterocycles. The predicted octanol–water partition coefficient (Wildman–Crippen LogP) is 2.28. The lowest BCUT2D eigenvalue weighted by molar-refractivity contribution is 0.719. The maximum absolute atomic E-state index is 5.29. The molecule has 0 aromatic carbocycles. The van der Waals surface area contributed by atoms with Crippen molar-refractivity contribution in [1.82, 2.24) is 10.6 Å². The van der Waals surface area contributed by atoms with E-state index in [-0.39, 0.29) is 5.92 Å². The zero-order valence-corrected chi connectivity index (χ0v) is 10.9. The van der Waals surface area contributed by atoms with Crippen LogP contribution in [0, 0.1) is 5.92 Å². The van der Waals surface area contributed by atoms with Crippen LogP contribution < -0.4 is 10.6 Å². The first-order chi connectivity index (χ1) is 6.67. The van der Waals surface area contributed by atoms with Crippen LogP contribution >= 0.6 is 24.4 Å². The van der Waals surface area contributed by atoms with E-state index in [1.54, 1.807) is 0 Å². The van der Waals surface area contributed by atoms with Gasteiger partial charge in [0.05, 0.1) is 15.9 Å². The molecular formula is C10H20N2S2. The Balaban J connectivity index is 4.25. The van der Waals surface area contributed by atoms with Crippen molar-refractivity contribution in [3.63, 3.8) is 0 Å². The van der Waals surface area contributed by atoms with Gasteiger partial charge in [-0.25, -0.2) is 0 Å². The minimum atomic E-state index is 0.213. The summed E-state index contributed by atoms with van der Waals surface area (Å²) in [7, 11) is 0. The van der Waals surface area contributed by atoms with Crippen molar-refractivity contribution >= 4 is 34.4 Å². The monoisotopic (exact) mass is 232 g/mol. The van der Waals surface area contributed by atoms with Crippen molar-refractivity contribution in [3.8, 4) is 0 Å². The first-order valence-corrected chi connectivity index (χ1v) is 6.04. The fourth-order valence-electron chi connectivity index (χ4n) is 1.26. The van der Waals surface area contributed by atoms with Gasteiger partial charge in [-0.1, -0.05) is 37.8 Å². The van der Waals surface area contributed by atoms with Crippen LogP contribution in [-0.2, 0) is 0 Å². The van der Waals surface area contributed by atoms with Gasteiger partial charge >= 0.3 is 0 Å². The fraction of sp³-hybridized carbons (Fsp3) is 0.800. The molecule has 82 valence electrons. The molecule has 0 saturated heterocycles. The molecule has 4 heteroatoms. The molecular weight excluding hydrogens is 212 g/mol. The molecule has 0 unspecified atom stereocenters. The van der Waals surface area contributed by atoms with E-state index in [0.717, 1.165) is 35.9 Å². The summed E-state index contributed by atoms with van der Waals surface area (Å²) in [5.74, 6) is 0.213. The number of nitrogens with one attached hydrogen (secondary N) is 2. The highest BCUT2D eigenvalue weighted by Gasteiger charge is 2.17. The molecule has 0 amide bonds. The summed E-state index contributed by atoms with van der Waals surface area (Å²) in [4.78, 5) is 1.75. The van der Waals surface area contributed by atoms with E-state index in [4.69, 9.17) is 24.4 Å². The van der Waals surface area contributed by atoms with Crippen LogP contribution in [0.5, 0.6) is 0 Å². The van der Waals surface area contributed by atoms with Crippen LogP contribution in [0.25, 0.3) is 0 Å². The van der Waals surface area contributed by atoms with Gasteiger partial charge in [-0.05, 0) is 20.3 Å². The molecule has 2 nitrogen and oxygen atoms in total.